The van der Waals surface area contributed by atoms with E-state index in [1.807, 2.05) is 0 Å². The number of likely N-dealkylation sites (tertiary alicyclic amines) is 1. The zero-order valence-corrected chi connectivity index (χ0v) is 15.1. The van der Waals surface area contributed by atoms with E-state index < -0.39 is 0 Å². The van der Waals surface area contributed by atoms with Crippen molar-refractivity contribution in [1.29, 1.82) is 0 Å². The van der Waals surface area contributed by atoms with Crippen LogP contribution in [0.15, 0.2) is 24.3 Å². The first kappa shape index (κ1) is 17.2. The molecule has 2 saturated heterocycles. The molecule has 1 aromatic rings. The van der Waals surface area contributed by atoms with Gasteiger partial charge < -0.3 is 10.2 Å². The minimum atomic E-state index is 0.0699. The molecule has 3 heteroatoms. The Morgan fingerprint density at radius 1 is 1.12 bits per heavy atom. The first-order valence-corrected chi connectivity index (χ1v) is 9.42. The second-order valence-electron chi connectivity index (χ2n) is 7.33. The molecule has 0 spiro atoms. The molecule has 0 bridgehead atoms. The normalized spacial score (nSPS) is 22.9. The summed E-state index contributed by atoms with van der Waals surface area (Å²) in [6.45, 7) is 7.14. The van der Waals surface area contributed by atoms with Gasteiger partial charge in [0.25, 0.3) is 0 Å². The summed E-state index contributed by atoms with van der Waals surface area (Å²) >= 11 is 0. The number of nitrogens with zero attached hydrogens (tertiary/aromatic N) is 1. The van der Waals surface area contributed by atoms with Gasteiger partial charge in [-0.05, 0) is 68.7 Å². The van der Waals surface area contributed by atoms with Crippen LogP contribution in [0.1, 0.15) is 48.8 Å². The quantitative estimate of drug-likeness (QED) is 0.918. The van der Waals surface area contributed by atoms with Gasteiger partial charge in [0.1, 0.15) is 0 Å². The zero-order chi connectivity index (χ0) is 16.9. The van der Waals surface area contributed by atoms with E-state index >= 15 is 0 Å². The van der Waals surface area contributed by atoms with Crippen LogP contribution >= 0.6 is 0 Å². The second-order valence-corrected chi connectivity index (χ2v) is 7.33. The summed E-state index contributed by atoms with van der Waals surface area (Å²) in [7, 11) is 0. The number of hydrogen-bond donors (Lipinski definition) is 1. The molecule has 1 aromatic carbocycles. The molecule has 1 atom stereocenters. The van der Waals surface area contributed by atoms with Gasteiger partial charge in [0, 0.05) is 13.1 Å². The average molecular weight is 326 g/mol. The number of hydrogen-bond acceptors (Lipinski definition) is 2. The Bertz CT molecular complexity index is 574. The standard InChI is InChI=1S/C21H30N2O/c1-16-6-5-7-17(2)19(16)10-9-18-11-14-23(15-12-18)21(24)20-8-3-4-13-22-20/h5-7,9-10,18,20,22H,3-4,8,11-15H2,1-2H3/b10-9+/t20-/m1/s1. The van der Waals surface area contributed by atoms with Crippen molar-refractivity contribution in [2.24, 2.45) is 5.92 Å². The van der Waals surface area contributed by atoms with E-state index in [4.69, 9.17) is 0 Å². The SMILES string of the molecule is Cc1cccc(C)c1/C=C/C1CCN(C(=O)[C@H]2CCCCN2)CC1. The predicted octanol–water partition coefficient (Wildman–Crippen LogP) is 3.70. The minimum absolute atomic E-state index is 0.0699. The van der Waals surface area contributed by atoms with Gasteiger partial charge in [-0.25, -0.2) is 0 Å². The van der Waals surface area contributed by atoms with Crippen LogP contribution in [0, 0.1) is 19.8 Å². The van der Waals surface area contributed by atoms with Gasteiger partial charge in [-0.1, -0.05) is 36.8 Å². The van der Waals surface area contributed by atoms with Crippen LogP contribution in [0.2, 0.25) is 0 Å². The molecule has 24 heavy (non-hydrogen) atoms. The third-order valence-corrected chi connectivity index (χ3v) is 5.54. The molecular weight excluding hydrogens is 296 g/mol. The number of nitrogens with one attached hydrogen (secondary N) is 1. The summed E-state index contributed by atoms with van der Waals surface area (Å²) in [6, 6.07) is 6.53. The van der Waals surface area contributed by atoms with Crippen molar-refractivity contribution >= 4 is 12.0 Å². The molecular formula is C21H30N2O. The largest absolute Gasteiger partial charge is 0.341 e. The Hall–Kier alpha value is -1.61. The number of allylic oxidation sites excluding steroid dienone is 1. The summed E-state index contributed by atoms with van der Waals surface area (Å²) < 4.78 is 0. The number of carbonyl (C=O) groups excluding carboxylic acids is 1. The van der Waals surface area contributed by atoms with Crippen molar-refractivity contribution in [3.63, 3.8) is 0 Å². The van der Waals surface area contributed by atoms with Gasteiger partial charge in [0.2, 0.25) is 5.91 Å². The number of benzene rings is 1. The maximum absolute atomic E-state index is 12.6. The fourth-order valence-corrected chi connectivity index (χ4v) is 3.92. The maximum atomic E-state index is 12.6. The molecule has 0 aliphatic carbocycles. The van der Waals surface area contributed by atoms with Crippen LogP contribution < -0.4 is 5.32 Å². The van der Waals surface area contributed by atoms with Crippen molar-refractivity contribution < 1.29 is 4.79 Å². The van der Waals surface area contributed by atoms with E-state index in [-0.39, 0.29) is 6.04 Å². The summed E-state index contributed by atoms with van der Waals surface area (Å²) in [4.78, 5) is 14.6. The second kappa shape index (κ2) is 7.98. The third-order valence-electron chi connectivity index (χ3n) is 5.54. The molecule has 2 aliphatic heterocycles. The van der Waals surface area contributed by atoms with Crippen molar-refractivity contribution in [2.45, 2.75) is 52.0 Å². The van der Waals surface area contributed by atoms with E-state index in [1.165, 1.54) is 29.5 Å². The molecule has 3 nitrogen and oxygen atoms in total. The highest BCUT2D eigenvalue weighted by atomic mass is 16.2. The third kappa shape index (κ3) is 4.07. The monoisotopic (exact) mass is 326 g/mol. The molecule has 0 aromatic heterocycles. The zero-order valence-electron chi connectivity index (χ0n) is 15.1. The number of aryl methyl sites for hydroxylation is 2. The maximum Gasteiger partial charge on any atom is 0.239 e. The topological polar surface area (TPSA) is 32.3 Å². The van der Waals surface area contributed by atoms with Crippen LogP contribution in [0.4, 0.5) is 0 Å². The van der Waals surface area contributed by atoms with E-state index in [9.17, 15) is 4.79 Å². The Kier molecular flexibility index (Phi) is 5.72. The molecule has 2 aliphatic rings. The summed E-state index contributed by atoms with van der Waals surface area (Å²) in [5.74, 6) is 0.916. The van der Waals surface area contributed by atoms with E-state index in [0.29, 0.717) is 11.8 Å². The molecule has 3 rings (SSSR count). The van der Waals surface area contributed by atoms with Crippen molar-refractivity contribution in [3.8, 4) is 0 Å². The van der Waals surface area contributed by atoms with E-state index in [2.05, 4.69) is 54.4 Å². The smallest absolute Gasteiger partial charge is 0.239 e. The average Bonchev–Trinajstić information content (AvgIpc) is 2.62. The molecule has 0 radical (unpaired) electrons. The van der Waals surface area contributed by atoms with Crippen molar-refractivity contribution in [1.82, 2.24) is 10.2 Å². The highest BCUT2D eigenvalue weighted by Crippen LogP contribution is 2.23. The van der Waals surface area contributed by atoms with Gasteiger partial charge in [0.15, 0.2) is 0 Å². The van der Waals surface area contributed by atoms with Crippen molar-refractivity contribution in [2.75, 3.05) is 19.6 Å². The van der Waals surface area contributed by atoms with Crippen LogP contribution in [0.5, 0.6) is 0 Å². The lowest BCUT2D eigenvalue weighted by Gasteiger charge is -2.34. The minimum Gasteiger partial charge on any atom is -0.341 e. The van der Waals surface area contributed by atoms with Gasteiger partial charge in [0.05, 0.1) is 6.04 Å². The Morgan fingerprint density at radius 2 is 1.83 bits per heavy atom. The number of amides is 1. The van der Waals surface area contributed by atoms with Gasteiger partial charge >= 0.3 is 0 Å². The lowest BCUT2D eigenvalue weighted by molar-refractivity contribution is -0.135. The fraction of sp³-hybridized carbons (Fsp3) is 0.571. The Labute approximate surface area is 146 Å². The van der Waals surface area contributed by atoms with E-state index in [0.717, 1.165) is 38.9 Å². The molecule has 2 heterocycles. The Balaban J connectivity index is 1.53. The van der Waals surface area contributed by atoms with Crippen LogP contribution in [-0.2, 0) is 4.79 Å². The molecule has 130 valence electrons. The number of piperidine rings is 2. The fourth-order valence-electron chi connectivity index (χ4n) is 3.92. The van der Waals surface area contributed by atoms with Crippen LogP contribution in [0.25, 0.3) is 6.08 Å². The molecule has 2 fully saturated rings. The van der Waals surface area contributed by atoms with Gasteiger partial charge in [-0.3, -0.25) is 4.79 Å². The highest BCUT2D eigenvalue weighted by Gasteiger charge is 2.28. The number of carbonyl (C=O) groups is 1. The predicted molar refractivity (Wildman–Crippen MR) is 99.9 cm³/mol. The van der Waals surface area contributed by atoms with Gasteiger partial charge in [-0.15, -0.1) is 0 Å². The van der Waals surface area contributed by atoms with Crippen molar-refractivity contribution in [3.05, 3.63) is 41.0 Å². The van der Waals surface area contributed by atoms with E-state index in [1.54, 1.807) is 0 Å². The lowest BCUT2D eigenvalue weighted by Crippen LogP contribution is -2.50. The van der Waals surface area contributed by atoms with Crippen LogP contribution in [-0.4, -0.2) is 36.5 Å². The molecule has 1 N–H and O–H groups in total. The van der Waals surface area contributed by atoms with Gasteiger partial charge in [-0.2, -0.15) is 0 Å². The molecule has 0 unspecified atom stereocenters. The highest BCUT2D eigenvalue weighted by molar-refractivity contribution is 5.82. The first-order chi connectivity index (χ1) is 11.6. The first-order valence-electron chi connectivity index (χ1n) is 9.42. The lowest BCUT2D eigenvalue weighted by atomic mass is 9.93. The summed E-state index contributed by atoms with van der Waals surface area (Å²) in [5, 5.41) is 3.38. The number of rotatable bonds is 3. The summed E-state index contributed by atoms with van der Waals surface area (Å²) in [5.41, 5.74) is 4.02. The van der Waals surface area contributed by atoms with Crippen LogP contribution in [0.3, 0.4) is 0 Å². The molecule has 0 saturated carbocycles. The molecule has 1 amide bonds. The summed E-state index contributed by atoms with van der Waals surface area (Å²) in [6.07, 6.45) is 10.2. The Morgan fingerprint density at radius 3 is 2.46 bits per heavy atom.